The van der Waals surface area contributed by atoms with Crippen molar-refractivity contribution in [3.05, 3.63) is 0 Å². The highest BCUT2D eigenvalue weighted by Crippen LogP contribution is 2.10. The van der Waals surface area contributed by atoms with E-state index in [1.54, 1.807) is 0 Å². The molecular weight excluding hydrogens is 140 g/mol. The number of hydrogen-bond acceptors (Lipinski definition) is 3. The van der Waals surface area contributed by atoms with Gasteiger partial charge >= 0.3 is 0 Å². The Balaban J connectivity index is 2.32. The van der Waals surface area contributed by atoms with Gasteiger partial charge in [-0.25, -0.2) is 0 Å². The van der Waals surface area contributed by atoms with Crippen LogP contribution in [0, 0.1) is 0 Å². The van der Waals surface area contributed by atoms with Gasteiger partial charge < -0.3 is 10.5 Å². The Bertz CT molecular complexity index is 119. The van der Waals surface area contributed by atoms with Crippen molar-refractivity contribution >= 4 is 0 Å². The lowest BCUT2D eigenvalue weighted by Crippen LogP contribution is -2.35. The molecule has 0 radical (unpaired) electrons. The summed E-state index contributed by atoms with van der Waals surface area (Å²) in [5, 5.41) is 0. The number of hydrogen-bond donors (Lipinski definition) is 1. The van der Waals surface area contributed by atoms with Crippen molar-refractivity contribution in [1.82, 2.24) is 4.90 Å². The molecule has 0 aliphatic carbocycles. The van der Waals surface area contributed by atoms with E-state index >= 15 is 0 Å². The quantitative estimate of drug-likeness (QED) is 0.631. The lowest BCUT2D eigenvalue weighted by molar-refractivity contribution is 0.0607. The number of nitrogens with two attached hydrogens (primary N) is 1. The first-order valence-corrected chi connectivity index (χ1v) is 4.37. The van der Waals surface area contributed by atoms with Gasteiger partial charge in [-0.3, -0.25) is 4.90 Å². The van der Waals surface area contributed by atoms with E-state index < -0.39 is 0 Å². The molecule has 0 aromatic heterocycles. The van der Waals surface area contributed by atoms with E-state index in [0.717, 1.165) is 26.2 Å². The SMILES string of the molecule is CCOC1CN(CC)CC1N. The van der Waals surface area contributed by atoms with Crippen LogP contribution >= 0.6 is 0 Å². The van der Waals surface area contributed by atoms with Crippen molar-refractivity contribution in [2.75, 3.05) is 26.2 Å². The third-order valence-electron chi connectivity index (χ3n) is 2.21. The van der Waals surface area contributed by atoms with Gasteiger partial charge in [-0.15, -0.1) is 0 Å². The summed E-state index contributed by atoms with van der Waals surface area (Å²) < 4.78 is 5.48. The highest BCUT2D eigenvalue weighted by molar-refractivity contribution is 4.87. The van der Waals surface area contributed by atoms with Crippen molar-refractivity contribution < 1.29 is 4.74 Å². The second-order valence-electron chi connectivity index (χ2n) is 3.01. The molecule has 0 aromatic rings. The summed E-state index contributed by atoms with van der Waals surface area (Å²) in [5.41, 5.74) is 5.86. The fraction of sp³-hybridized carbons (Fsp3) is 1.00. The molecule has 0 saturated carbocycles. The summed E-state index contributed by atoms with van der Waals surface area (Å²) in [5.74, 6) is 0. The summed E-state index contributed by atoms with van der Waals surface area (Å²) >= 11 is 0. The van der Waals surface area contributed by atoms with E-state index in [-0.39, 0.29) is 12.1 Å². The van der Waals surface area contributed by atoms with E-state index in [1.807, 2.05) is 6.92 Å². The summed E-state index contributed by atoms with van der Waals surface area (Å²) in [6.07, 6.45) is 0.264. The van der Waals surface area contributed by atoms with E-state index in [1.165, 1.54) is 0 Å². The molecule has 66 valence electrons. The highest BCUT2D eigenvalue weighted by Gasteiger charge is 2.28. The fourth-order valence-electron chi connectivity index (χ4n) is 1.53. The first kappa shape index (κ1) is 8.97. The minimum atomic E-state index is 0.217. The molecule has 2 N–H and O–H groups in total. The smallest absolute Gasteiger partial charge is 0.0864 e. The Hall–Kier alpha value is -0.120. The van der Waals surface area contributed by atoms with Crippen molar-refractivity contribution in [3.63, 3.8) is 0 Å². The monoisotopic (exact) mass is 158 g/mol. The summed E-state index contributed by atoms with van der Waals surface area (Å²) in [7, 11) is 0. The fourth-order valence-corrected chi connectivity index (χ4v) is 1.53. The molecule has 1 heterocycles. The largest absolute Gasteiger partial charge is 0.376 e. The summed E-state index contributed by atoms with van der Waals surface area (Å²) in [6, 6.07) is 0.217. The first-order valence-electron chi connectivity index (χ1n) is 4.37. The highest BCUT2D eigenvalue weighted by atomic mass is 16.5. The number of nitrogens with zero attached hydrogens (tertiary/aromatic N) is 1. The molecule has 0 amide bonds. The van der Waals surface area contributed by atoms with Crippen LogP contribution in [0.25, 0.3) is 0 Å². The molecule has 11 heavy (non-hydrogen) atoms. The molecule has 1 saturated heterocycles. The van der Waals surface area contributed by atoms with Crippen molar-refractivity contribution in [2.45, 2.75) is 26.0 Å². The third-order valence-corrected chi connectivity index (χ3v) is 2.21. The van der Waals surface area contributed by atoms with Crippen molar-refractivity contribution in [1.29, 1.82) is 0 Å². The normalized spacial score (nSPS) is 33.0. The van der Waals surface area contributed by atoms with Crippen LogP contribution in [0.1, 0.15) is 13.8 Å². The zero-order chi connectivity index (χ0) is 8.27. The Kier molecular flexibility index (Phi) is 3.30. The predicted molar refractivity (Wildman–Crippen MR) is 45.5 cm³/mol. The van der Waals surface area contributed by atoms with Crippen LogP contribution in [-0.4, -0.2) is 43.3 Å². The average Bonchev–Trinajstić information content (AvgIpc) is 2.33. The van der Waals surface area contributed by atoms with Crippen LogP contribution in [0.4, 0.5) is 0 Å². The minimum Gasteiger partial charge on any atom is -0.376 e. The Morgan fingerprint density at radius 3 is 2.64 bits per heavy atom. The molecule has 0 bridgehead atoms. The zero-order valence-electron chi connectivity index (χ0n) is 7.42. The predicted octanol–water partition coefficient (Wildman–Crippen LogP) is 0.0543. The molecule has 1 aliphatic heterocycles. The van der Waals surface area contributed by atoms with E-state index in [2.05, 4.69) is 11.8 Å². The second kappa shape index (κ2) is 4.04. The average molecular weight is 158 g/mol. The van der Waals surface area contributed by atoms with E-state index in [0.29, 0.717) is 0 Å². The van der Waals surface area contributed by atoms with Crippen LogP contribution in [0.2, 0.25) is 0 Å². The molecule has 3 heteroatoms. The van der Waals surface area contributed by atoms with E-state index in [9.17, 15) is 0 Å². The van der Waals surface area contributed by atoms with Gasteiger partial charge in [0.2, 0.25) is 0 Å². The van der Waals surface area contributed by atoms with Crippen LogP contribution in [0.15, 0.2) is 0 Å². The molecule has 1 rings (SSSR count). The molecule has 2 unspecified atom stereocenters. The topological polar surface area (TPSA) is 38.5 Å². The molecule has 1 aliphatic rings. The number of ether oxygens (including phenoxy) is 1. The second-order valence-corrected chi connectivity index (χ2v) is 3.01. The molecule has 0 spiro atoms. The maximum absolute atomic E-state index is 5.86. The van der Waals surface area contributed by atoms with Gasteiger partial charge in [0.1, 0.15) is 0 Å². The summed E-state index contributed by atoms with van der Waals surface area (Å²) in [6.45, 7) is 8.02. The molecule has 1 fully saturated rings. The Morgan fingerprint density at radius 1 is 1.45 bits per heavy atom. The maximum Gasteiger partial charge on any atom is 0.0864 e. The van der Waals surface area contributed by atoms with Crippen LogP contribution in [0.5, 0.6) is 0 Å². The number of likely N-dealkylation sites (tertiary alicyclic amines) is 1. The standard InChI is InChI=1S/C8H18N2O/c1-3-10-5-7(9)8(6-10)11-4-2/h7-8H,3-6,9H2,1-2H3. The summed E-state index contributed by atoms with van der Waals surface area (Å²) in [4.78, 5) is 2.32. The van der Waals surface area contributed by atoms with Gasteiger partial charge in [-0.1, -0.05) is 6.92 Å². The molecular formula is C8H18N2O. The Labute approximate surface area is 68.5 Å². The lowest BCUT2D eigenvalue weighted by Gasteiger charge is -2.13. The molecule has 0 aromatic carbocycles. The van der Waals surface area contributed by atoms with Crippen LogP contribution in [-0.2, 0) is 4.74 Å². The van der Waals surface area contributed by atoms with Gasteiger partial charge in [0.25, 0.3) is 0 Å². The third kappa shape index (κ3) is 2.15. The van der Waals surface area contributed by atoms with E-state index in [4.69, 9.17) is 10.5 Å². The van der Waals surface area contributed by atoms with Gasteiger partial charge in [-0.2, -0.15) is 0 Å². The number of likely N-dealkylation sites (N-methyl/N-ethyl adjacent to an activating group) is 1. The molecule has 2 atom stereocenters. The van der Waals surface area contributed by atoms with Crippen LogP contribution in [0.3, 0.4) is 0 Å². The zero-order valence-corrected chi connectivity index (χ0v) is 7.42. The minimum absolute atomic E-state index is 0.217. The van der Waals surface area contributed by atoms with Gasteiger partial charge in [0.05, 0.1) is 6.10 Å². The molecule has 3 nitrogen and oxygen atoms in total. The number of rotatable bonds is 3. The van der Waals surface area contributed by atoms with Crippen LogP contribution < -0.4 is 5.73 Å². The Morgan fingerprint density at radius 2 is 2.18 bits per heavy atom. The maximum atomic E-state index is 5.86. The van der Waals surface area contributed by atoms with Gasteiger partial charge in [-0.05, 0) is 13.5 Å². The van der Waals surface area contributed by atoms with Crippen molar-refractivity contribution in [2.24, 2.45) is 5.73 Å². The van der Waals surface area contributed by atoms with Crippen molar-refractivity contribution in [3.8, 4) is 0 Å². The van der Waals surface area contributed by atoms with Gasteiger partial charge in [0.15, 0.2) is 0 Å². The first-order chi connectivity index (χ1) is 5.27. The lowest BCUT2D eigenvalue weighted by atomic mass is 10.2. The van der Waals surface area contributed by atoms with Gasteiger partial charge in [0, 0.05) is 25.7 Å².